The lowest BCUT2D eigenvalue weighted by Gasteiger charge is -2.27. The molecule has 0 fully saturated rings. The Morgan fingerprint density at radius 2 is 1.81 bits per heavy atom. The fraction of sp³-hybridized carbons (Fsp3) is 0.529. The molecule has 9 heteroatoms. The van der Waals surface area contributed by atoms with Gasteiger partial charge in [0.1, 0.15) is 6.61 Å². The van der Waals surface area contributed by atoms with Crippen LogP contribution in [0.5, 0.6) is 0 Å². The van der Waals surface area contributed by atoms with Crippen molar-refractivity contribution in [2.75, 3.05) is 12.8 Å². The molecule has 0 saturated heterocycles. The maximum absolute atomic E-state index is 12.0. The summed E-state index contributed by atoms with van der Waals surface area (Å²) in [5.41, 5.74) is 0.790. The van der Waals surface area contributed by atoms with Gasteiger partial charge in [0.25, 0.3) is 0 Å². The van der Waals surface area contributed by atoms with Crippen LogP contribution in [0.25, 0.3) is 0 Å². The van der Waals surface area contributed by atoms with E-state index in [1.807, 2.05) is 19.9 Å². The van der Waals surface area contributed by atoms with E-state index in [0.717, 1.165) is 12.0 Å². The number of nitrogens with one attached hydrogen (secondary N) is 3. The first-order valence-electron chi connectivity index (χ1n) is 8.50. The second-order valence-electron chi connectivity index (χ2n) is 6.39. The van der Waals surface area contributed by atoms with E-state index in [2.05, 4.69) is 15.7 Å². The van der Waals surface area contributed by atoms with Crippen LogP contribution in [0.4, 0.5) is 4.79 Å². The van der Waals surface area contributed by atoms with Gasteiger partial charge in [0.05, 0.1) is 19.8 Å². The van der Waals surface area contributed by atoms with Crippen LogP contribution in [-0.2, 0) is 20.7 Å². The number of hydrogen-bond acceptors (Lipinski definition) is 5. The van der Waals surface area contributed by atoms with Crippen molar-refractivity contribution < 1.29 is 23.8 Å². The van der Waals surface area contributed by atoms with Crippen molar-refractivity contribution in [1.29, 1.82) is 0 Å². The molecule has 0 aliphatic heterocycles. The van der Waals surface area contributed by atoms with Gasteiger partial charge < -0.3 is 24.8 Å². The number of carbonyl (C=O) groups excluding carboxylic acids is 2. The third-order valence-corrected chi connectivity index (χ3v) is 4.80. The third-order valence-electron chi connectivity index (χ3n) is 3.45. The van der Waals surface area contributed by atoms with E-state index in [1.165, 1.54) is 6.92 Å². The molecular formula is C17H27N3O5P-. The van der Waals surface area contributed by atoms with Gasteiger partial charge in [-0.15, -0.1) is 0 Å². The third kappa shape index (κ3) is 9.56. The van der Waals surface area contributed by atoms with E-state index in [9.17, 15) is 19.0 Å². The summed E-state index contributed by atoms with van der Waals surface area (Å²) in [6, 6.07) is 8.09. The van der Waals surface area contributed by atoms with Gasteiger partial charge in [0.15, 0.2) is 0 Å². The molecule has 146 valence electrons. The van der Waals surface area contributed by atoms with Gasteiger partial charge >= 0.3 is 6.09 Å². The average molecular weight is 384 g/mol. The van der Waals surface area contributed by atoms with E-state index in [1.54, 1.807) is 24.3 Å². The summed E-state index contributed by atoms with van der Waals surface area (Å²) in [7, 11) is -4.18. The molecule has 0 saturated carbocycles. The van der Waals surface area contributed by atoms with Crippen LogP contribution in [0, 0.1) is 5.92 Å². The number of rotatable bonds is 10. The molecule has 1 rings (SSSR count). The molecule has 0 aliphatic carbocycles. The average Bonchev–Trinajstić information content (AvgIpc) is 2.58. The topological polar surface area (TPSA) is 120 Å². The van der Waals surface area contributed by atoms with Crippen LogP contribution in [0.1, 0.15) is 32.8 Å². The zero-order chi connectivity index (χ0) is 19.6. The van der Waals surface area contributed by atoms with Crippen molar-refractivity contribution in [3.63, 3.8) is 0 Å². The lowest BCUT2D eigenvalue weighted by molar-refractivity contribution is -0.179. The van der Waals surface area contributed by atoms with Gasteiger partial charge in [-0.2, -0.15) is 0 Å². The molecule has 2 amide bonds. The van der Waals surface area contributed by atoms with Gasteiger partial charge in [-0.1, -0.05) is 44.2 Å². The molecule has 3 N–H and O–H groups in total. The Balaban J connectivity index is 2.32. The second kappa shape index (κ2) is 11.0. The summed E-state index contributed by atoms with van der Waals surface area (Å²) < 4.78 is 16.9. The highest BCUT2D eigenvalue weighted by Crippen LogP contribution is 2.28. The minimum Gasteiger partial charge on any atom is -0.787 e. The molecule has 0 radical (unpaired) electrons. The van der Waals surface area contributed by atoms with Crippen LogP contribution in [-0.4, -0.2) is 30.9 Å². The summed E-state index contributed by atoms with van der Waals surface area (Å²) in [5.74, 6) is 0.0312. The Morgan fingerprint density at radius 3 is 2.42 bits per heavy atom. The van der Waals surface area contributed by atoms with Crippen molar-refractivity contribution in [2.24, 2.45) is 5.92 Å². The molecular weight excluding hydrogens is 357 g/mol. The second-order valence-corrected chi connectivity index (χ2v) is 8.32. The van der Waals surface area contributed by atoms with Crippen molar-refractivity contribution in [1.82, 2.24) is 15.7 Å². The number of carbonyl (C=O) groups is 2. The highest BCUT2D eigenvalue weighted by Gasteiger charge is 2.19. The molecule has 0 heterocycles. The molecule has 2 atom stereocenters. The fourth-order valence-corrected chi connectivity index (χ4v) is 3.12. The molecule has 0 spiro atoms. The monoisotopic (exact) mass is 384 g/mol. The number of benzene rings is 1. The smallest absolute Gasteiger partial charge is 0.407 e. The SMILES string of the molecule is CC(C)CCNC(=O)[C@H](C)NP(=O)([O-])CNC(=O)OCc1ccccc1. The quantitative estimate of drug-likeness (QED) is 0.527. The van der Waals surface area contributed by atoms with Crippen molar-refractivity contribution in [3.05, 3.63) is 35.9 Å². The number of amides is 2. The Hall–Kier alpha value is -1.89. The normalized spacial score (nSPS) is 14.3. The Morgan fingerprint density at radius 1 is 1.15 bits per heavy atom. The molecule has 1 aromatic rings. The minimum atomic E-state index is -4.18. The van der Waals surface area contributed by atoms with E-state index in [4.69, 9.17) is 4.74 Å². The standard InChI is InChI=1S/C17H28N3O5P/c1-13(2)9-10-18-16(21)14(3)20-26(23,24)12-19-17(22)25-11-15-7-5-4-6-8-15/h4-8,13-14H,9-12H2,1-3H3,(H,18,21)(H,19,22)(H2,20,23,24)/p-1/t14-/m0/s1. The van der Waals surface area contributed by atoms with Gasteiger partial charge in [-0.3, -0.25) is 9.88 Å². The Kier molecular flexibility index (Phi) is 9.34. The van der Waals surface area contributed by atoms with E-state index >= 15 is 0 Å². The summed E-state index contributed by atoms with van der Waals surface area (Å²) in [4.78, 5) is 35.4. The zero-order valence-electron chi connectivity index (χ0n) is 15.4. The minimum absolute atomic E-state index is 0.0396. The summed E-state index contributed by atoms with van der Waals surface area (Å²) >= 11 is 0. The Labute approximate surface area is 154 Å². The predicted octanol–water partition coefficient (Wildman–Crippen LogP) is 1.56. The number of alkyl carbamates (subject to hydrolysis) is 1. The Bertz CT molecular complexity index is 624. The van der Waals surface area contributed by atoms with Crippen molar-refractivity contribution in [3.8, 4) is 0 Å². The first kappa shape index (κ1) is 22.2. The fourth-order valence-electron chi connectivity index (χ4n) is 1.98. The zero-order valence-corrected chi connectivity index (χ0v) is 16.3. The molecule has 0 aliphatic rings. The number of ether oxygens (including phenoxy) is 1. The van der Waals surface area contributed by atoms with Crippen LogP contribution in [0.3, 0.4) is 0 Å². The highest BCUT2D eigenvalue weighted by atomic mass is 31.2. The number of hydrogen-bond donors (Lipinski definition) is 3. The summed E-state index contributed by atoms with van der Waals surface area (Å²) in [6.07, 6.45) is -0.687. The van der Waals surface area contributed by atoms with Gasteiger partial charge in [0, 0.05) is 6.54 Å². The molecule has 0 aromatic heterocycles. The van der Waals surface area contributed by atoms with E-state index in [0.29, 0.717) is 12.5 Å². The molecule has 1 aromatic carbocycles. The maximum Gasteiger partial charge on any atom is 0.407 e. The van der Waals surface area contributed by atoms with E-state index in [-0.39, 0.29) is 6.61 Å². The maximum atomic E-state index is 12.0. The molecule has 1 unspecified atom stereocenters. The van der Waals surface area contributed by atoms with Crippen LogP contribution >= 0.6 is 7.52 Å². The van der Waals surface area contributed by atoms with Crippen LogP contribution in [0.15, 0.2) is 30.3 Å². The first-order valence-corrected chi connectivity index (χ1v) is 10.3. The highest BCUT2D eigenvalue weighted by molar-refractivity contribution is 7.54. The van der Waals surface area contributed by atoms with Gasteiger partial charge in [-0.05, 0) is 24.8 Å². The lowest BCUT2D eigenvalue weighted by atomic mass is 10.1. The van der Waals surface area contributed by atoms with Crippen molar-refractivity contribution in [2.45, 2.75) is 39.8 Å². The lowest BCUT2D eigenvalue weighted by Crippen LogP contribution is -2.44. The van der Waals surface area contributed by atoms with Crippen LogP contribution < -0.4 is 20.6 Å². The summed E-state index contributed by atoms with van der Waals surface area (Å²) in [6.45, 7) is 6.03. The van der Waals surface area contributed by atoms with Gasteiger partial charge in [0.2, 0.25) is 5.91 Å². The molecule has 0 bridgehead atoms. The van der Waals surface area contributed by atoms with Crippen molar-refractivity contribution >= 4 is 19.5 Å². The molecule has 8 nitrogen and oxygen atoms in total. The van der Waals surface area contributed by atoms with Gasteiger partial charge in [-0.25, -0.2) is 4.79 Å². The predicted molar refractivity (Wildman–Crippen MR) is 97.3 cm³/mol. The molecule has 26 heavy (non-hydrogen) atoms. The largest absolute Gasteiger partial charge is 0.787 e. The first-order chi connectivity index (χ1) is 12.2. The summed E-state index contributed by atoms with van der Waals surface area (Å²) in [5, 5.41) is 7.07. The van der Waals surface area contributed by atoms with Crippen LogP contribution in [0.2, 0.25) is 0 Å². The van der Waals surface area contributed by atoms with E-state index < -0.39 is 31.8 Å².